The van der Waals surface area contributed by atoms with E-state index in [1.807, 2.05) is 0 Å². The molecular weight excluding hydrogens is 544 g/mol. The summed E-state index contributed by atoms with van der Waals surface area (Å²) in [5.41, 5.74) is 5.54. The third-order valence-electron chi connectivity index (χ3n) is 7.07. The summed E-state index contributed by atoms with van der Waals surface area (Å²) in [6.07, 6.45) is -20.5. The molecule has 1 amide bonds. The fourth-order valence-corrected chi connectivity index (χ4v) is 4.78. The lowest BCUT2D eigenvalue weighted by Crippen LogP contribution is -2.68. The Labute approximate surface area is 230 Å². The third-order valence-corrected chi connectivity index (χ3v) is 7.07. The predicted octanol–water partition coefficient (Wildman–Crippen LogP) is -6.03. The van der Waals surface area contributed by atoms with Crippen LogP contribution in [-0.2, 0) is 33.2 Å². The molecule has 0 aliphatic carbocycles. The molecule has 3 fully saturated rings. The van der Waals surface area contributed by atoms with Gasteiger partial charge in [-0.15, -0.1) is 0 Å². The fraction of sp³-hybridized carbons (Fsp3) is 0.957. The topological polar surface area (TPSA) is 272 Å². The first-order chi connectivity index (χ1) is 18.9. The fourth-order valence-electron chi connectivity index (χ4n) is 4.78. The van der Waals surface area contributed by atoms with Crippen molar-refractivity contribution >= 4 is 5.91 Å². The molecule has 0 aromatic carbocycles. The SMILES string of the molecule is CC(=O)NC1[C@H](O[C@@H]2C(O[C@@H]3OC(C)[C@@H](O)[C@H](O)C3O)[C@H](OCCCN)OC(CO)[C@@H]2O)OC(CO)[C@H](O)[C@@H]1O. The molecule has 234 valence electrons. The molecule has 0 aromatic heterocycles. The van der Waals surface area contributed by atoms with Gasteiger partial charge in [-0.05, 0) is 19.9 Å². The van der Waals surface area contributed by atoms with Crippen LogP contribution in [-0.4, -0.2) is 165 Å². The van der Waals surface area contributed by atoms with Crippen molar-refractivity contribution in [2.45, 2.75) is 112 Å². The number of nitrogens with one attached hydrogen (secondary N) is 1. The molecule has 15 atom stereocenters. The van der Waals surface area contributed by atoms with Crippen LogP contribution in [0.15, 0.2) is 0 Å². The molecule has 3 aliphatic heterocycles. The Kier molecular flexibility index (Phi) is 12.4. The lowest BCUT2D eigenvalue weighted by atomic mass is 9.95. The number of aliphatic hydroxyl groups excluding tert-OH is 8. The predicted molar refractivity (Wildman–Crippen MR) is 129 cm³/mol. The summed E-state index contributed by atoms with van der Waals surface area (Å²) in [7, 11) is 0. The highest BCUT2D eigenvalue weighted by Crippen LogP contribution is 2.33. The minimum Gasteiger partial charge on any atom is -0.394 e. The Bertz CT molecular complexity index is 797. The molecule has 3 rings (SSSR count). The Hall–Kier alpha value is -1.13. The summed E-state index contributed by atoms with van der Waals surface area (Å²) in [6.45, 7) is 1.45. The van der Waals surface area contributed by atoms with E-state index in [2.05, 4.69) is 5.32 Å². The van der Waals surface area contributed by atoms with Crippen LogP contribution in [0.25, 0.3) is 0 Å². The van der Waals surface area contributed by atoms with Crippen molar-refractivity contribution in [3.8, 4) is 0 Å². The van der Waals surface area contributed by atoms with Crippen molar-refractivity contribution < 1.29 is 74.1 Å². The first-order valence-corrected chi connectivity index (χ1v) is 13.1. The number of nitrogens with two attached hydrogens (primary N) is 1. The van der Waals surface area contributed by atoms with E-state index in [9.17, 15) is 45.6 Å². The molecule has 0 spiro atoms. The van der Waals surface area contributed by atoms with Gasteiger partial charge in [0.1, 0.15) is 67.1 Å². The zero-order valence-electron chi connectivity index (χ0n) is 22.2. The van der Waals surface area contributed by atoms with Gasteiger partial charge in [0.05, 0.1) is 25.9 Å². The number of amides is 1. The maximum absolute atomic E-state index is 11.9. The van der Waals surface area contributed by atoms with Crippen LogP contribution in [0.5, 0.6) is 0 Å². The summed E-state index contributed by atoms with van der Waals surface area (Å²) in [6, 6.07) is -1.39. The van der Waals surface area contributed by atoms with Crippen molar-refractivity contribution in [3.05, 3.63) is 0 Å². The Balaban J connectivity index is 1.95. The molecule has 3 saturated heterocycles. The lowest BCUT2D eigenvalue weighted by molar-refractivity contribution is -0.385. The number of carbonyl (C=O) groups excluding carboxylic acids is 1. The smallest absolute Gasteiger partial charge is 0.217 e. The summed E-state index contributed by atoms with van der Waals surface area (Å²) >= 11 is 0. The van der Waals surface area contributed by atoms with Crippen LogP contribution in [0.2, 0.25) is 0 Å². The largest absolute Gasteiger partial charge is 0.394 e. The average molecular weight is 587 g/mol. The van der Waals surface area contributed by atoms with Gasteiger partial charge in [0.25, 0.3) is 0 Å². The molecule has 0 radical (unpaired) electrons. The molecule has 3 aliphatic rings. The number of hydrogen-bond acceptors (Lipinski definition) is 16. The molecule has 6 unspecified atom stereocenters. The van der Waals surface area contributed by atoms with Gasteiger partial charge in [-0.2, -0.15) is 0 Å². The molecule has 11 N–H and O–H groups in total. The Morgan fingerprint density at radius 3 is 1.98 bits per heavy atom. The molecule has 17 heteroatoms. The molecule has 0 saturated carbocycles. The second kappa shape index (κ2) is 14.9. The van der Waals surface area contributed by atoms with Gasteiger partial charge in [-0.25, -0.2) is 0 Å². The van der Waals surface area contributed by atoms with Crippen molar-refractivity contribution in [1.82, 2.24) is 5.32 Å². The normalized spacial score (nSPS) is 46.2. The lowest BCUT2D eigenvalue weighted by Gasteiger charge is -2.49. The van der Waals surface area contributed by atoms with Crippen molar-refractivity contribution in [2.24, 2.45) is 5.73 Å². The minimum absolute atomic E-state index is 0.0414. The van der Waals surface area contributed by atoms with Crippen LogP contribution in [0.1, 0.15) is 20.3 Å². The number of ether oxygens (including phenoxy) is 6. The number of aliphatic hydroxyl groups is 8. The van der Waals surface area contributed by atoms with E-state index in [1.54, 1.807) is 0 Å². The molecule has 0 aromatic rings. The second-order valence-electron chi connectivity index (χ2n) is 10.0. The molecular formula is C23H42N2O15. The summed E-state index contributed by atoms with van der Waals surface area (Å²) in [4.78, 5) is 11.9. The maximum atomic E-state index is 11.9. The van der Waals surface area contributed by atoms with Crippen LogP contribution in [0.4, 0.5) is 0 Å². The monoisotopic (exact) mass is 586 g/mol. The summed E-state index contributed by atoms with van der Waals surface area (Å²) < 4.78 is 34.5. The van der Waals surface area contributed by atoms with Gasteiger partial charge in [0.2, 0.25) is 5.91 Å². The van der Waals surface area contributed by atoms with E-state index in [0.29, 0.717) is 6.42 Å². The quantitative estimate of drug-likeness (QED) is 0.101. The average Bonchev–Trinajstić information content (AvgIpc) is 2.92. The Morgan fingerprint density at radius 1 is 0.775 bits per heavy atom. The first-order valence-electron chi connectivity index (χ1n) is 13.1. The van der Waals surface area contributed by atoms with Gasteiger partial charge in [0.15, 0.2) is 18.9 Å². The van der Waals surface area contributed by atoms with Gasteiger partial charge in [0, 0.05) is 6.92 Å². The van der Waals surface area contributed by atoms with E-state index >= 15 is 0 Å². The number of rotatable bonds is 11. The van der Waals surface area contributed by atoms with Crippen molar-refractivity contribution in [1.29, 1.82) is 0 Å². The standard InChI is InChI=1S/C23H42N2O15/c1-8-13(29)17(33)18(34)22(36-8)40-20-19(15(31)11(7-27)38-23(20)35-5-3-4-24)39-21-12(25-9(2)28)16(32)14(30)10(6-26)37-21/h8,10-23,26-27,29-34H,3-7,24H2,1-2H3,(H,25,28)/t8?,10?,11?,12?,13-,14+,15+,16-,17+,18?,19+,20?,21+,22+,23-/m1/s1. The Morgan fingerprint density at radius 2 is 1.38 bits per heavy atom. The van der Waals surface area contributed by atoms with E-state index in [-0.39, 0.29) is 13.2 Å². The zero-order chi connectivity index (χ0) is 29.7. The van der Waals surface area contributed by atoms with Gasteiger partial charge < -0.3 is 80.3 Å². The molecule has 17 nitrogen and oxygen atoms in total. The second-order valence-corrected chi connectivity index (χ2v) is 10.0. The highest BCUT2D eigenvalue weighted by Gasteiger charge is 2.54. The third kappa shape index (κ3) is 7.44. The van der Waals surface area contributed by atoms with Crippen LogP contribution >= 0.6 is 0 Å². The van der Waals surface area contributed by atoms with E-state index in [0.717, 1.165) is 6.92 Å². The van der Waals surface area contributed by atoms with Gasteiger partial charge in [-0.3, -0.25) is 4.79 Å². The van der Waals surface area contributed by atoms with E-state index in [1.165, 1.54) is 6.92 Å². The number of carbonyl (C=O) groups is 1. The van der Waals surface area contributed by atoms with Crippen molar-refractivity contribution in [2.75, 3.05) is 26.4 Å². The van der Waals surface area contributed by atoms with E-state index in [4.69, 9.17) is 34.2 Å². The molecule has 40 heavy (non-hydrogen) atoms. The zero-order valence-corrected chi connectivity index (χ0v) is 22.2. The van der Waals surface area contributed by atoms with Crippen LogP contribution < -0.4 is 11.1 Å². The van der Waals surface area contributed by atoms with Crippen molar-refractivity contribution in [3.63, 3.8) is 0 Å². The molecule has 3 heterocycles. The summed E-state index contributed by atoms with van der Waals surface area (Å²) in [5, 5.41) is 84.9. The molecule has 0 bridgehead atoms. The number of hydrogen-bond donors (Lipinski definition) is 10. The highest BCUT2D eigenvalue weighted by molar-refractivity contribution is 5.73. The highest BCUT2D eigenvalue weighted by atomic mass is 16.8. The first kappa shape index (κ1) is 33.4. The van der Waals surface area contributed by atoms with Crippen LogP contribution in [0.3, 0.4) is 0 Å². The minimum atomic E-state index is -1.75. The van der Waals surface area contributed by atoms with Gasteiger partial charge >= 0.3 is 0 Å². The van der Waals surface area contributed by atoms with Gasteiger partial charge in [-0.1, -0.05) is 0 Å². The maximum Gasteiger partial charge on any atom is 0.217 e. The van der Waals surface area contributed by atoms with E-state index < -0.39 is 111 Å². The summed E-state index contributed by atoms with van der Waals surface area (Å²) in [5.74, 6) is -0.618. The van der Waals surface area contributed by atoms with Crippen LogP contribution in [0, 0.1) is 0 Å².